The van der Waals surface area contributed by atoms with Gasteiger partial charge < -0.3 is 14.3 Å². The minimum Gasteiger partial charge on any atom is -0.352 e. The molecule has 0 N–H and O–H groups in total. The highest BCUT2D eigenvalue weighted by Crippen LogP contribution is 2.66. The predicted molar refractivity (Wildman–Crippen MR) is 103 cm³/mol. The van der Waals surface area contributed by atoms with E-state index in [9.17, 15) is 4.79 Å². The van der Waals surface area contributed by atoms with Gasteiger partial charge in [0.2, 0.25) is 0 Å². The van der Waals surface area contributed by atoms with Gasteiger partial charge in [0.25, 0.3) is 0 Å². The number of aldehydes is 1. The van der Waals surface area contributed by atoms with E-state index >= 15 is 0 Å². The normalized spacial score (nSPS) is 48.6. The van der Waals surface area contributed by atoms with E-state index in [2.05, 4.69) is 27.7 Å². The summed E-state index contributed by atoms with van der Waals surface area (Å²) >= 11 is 0. The van der Waals surface area contributed by atoms with Crippen LogP contribution >= 0.6 is 0 Å². The molecule has 0 aromatic rings. The zero-order chi connectivity index (χ0) is 18.6. The molecule has 0 aromatic heterocycles. The Bertz CT molecular complexity index is 538. The van der Waals surface area contributed by atoms with Crippen molar-refractivity contribution in [2.75, 3.05) is 6.61 Å². The molecule has 0 spiro atoms. The van der Waals surface area contributed by atoms with E-state index < -0.39 is 0 Å². The molecule has 6 atom stereocenters. The van der Waals surface area contributed by atoms with Crippen molar-refractivity contribution in [1.29, 1.82) is 0 Å². The number of carbonyl (C=O) groups excluding carboxylic acids is 1. The fourth-order valence-electron chi connectivity index (χ4n) is 7.62. The van der Waals surface area contributed by atoms with Crippen LogP contribution in [0, 0.1) is 34.0 Å². The van der Waals surface area contributed by atoms with E-state index in [4.69, 9.17) is 9.47 Å². The molecule has 148 valence electrons. The highest BCUT2D eigenvalue weighted by atomic mass is 16.7. The summed E-state index contributed by atoms with van der Waals surface area (Å²) < 4.78 is 13.0. The van der Waals surface area contributed by atoms with Crippen molar-refractivity contribution in [3.05, 3.63) is 0 Å². The molecule has 3 nitrogen and oxygen atoms in total. The van der Waals surface area contributed by atoms with Gasteiger partial charge in [-0.2, -0.15) is 0 Å². The SMILES string of the molecule is CC1(C)CCC2[C@]3(C)CO[C@@H](C4CCCC4)O[C@@H]3CC[C@@]2(C)[C@@H]1CC=O. The van der Waals surface area contributed by atoms with Crippen LogP contribution in [0.5, 0.6) is 0 Å². The molecule has 0 aromatic carbocycles. The fourth-order valence-corrected chi connectivity index (χ4v) is 7.62. The number of hydrogen-bond donors (Lipinski definition) is 0. The summed E-state index contributed by atoms with van der Waals surface area (Å²) in [5.41, 5.74) is 0.568. The molecule has 4 aliphatic rings. The van der Waals surface area contributed by atoms with Gasteiger partial charge in [-0.3, -0.25) is 0 Å². The smallest absolute Gasteiger partial charge is 0.160 e. The summed E-state index contributed by atoms with van der Waals surface area (Å²) in [6, 6.07) is 0. The Balaban J connectivity index is 1.58. The minimum atomic E-state index is 0.0331. The molecule has 0 bridgehead atoms. The second kappa shape index (κ2) is 6.58. The quantitative estimate of drug-likeness (QED) is 0.634. The fraction of sp³-hybridized carbons (Fsp3) is 0.957. The van der Waals surface area contributed by atoms with Crippen molar-refractivity contribution in [3.8, 4) is 0 Å². The van der Waals surface area contributed by atoms with Crippen LogP contribution in [0.1, 0.15) is 85.5 Å². The first kappa shape index (κ1) is 18.9. The van der Waals surface area contributed by atoms with Crippen molar-refractivity contribution in [2.24, 2.45) is 34.0 Å². The lowest BCUT2D eigenvalue weighted by Gasteiger charge is -2.65. The van der Waals surface area contributed by atoms with E-state index in [1.807, 2.05) is 0 Å². The van der Waals surface area contributed by atoms with Gasteiger partial charge in [-0.15, -0.1) is 0 Å². The van der Waals surface area contributed by atoms with Crippen LogP contribution in [0.15, 0.2) is 0 Å². The summed E-state index contributed by atoms with van der Waals surface area (Å²) in [7, 11) is 0. The van der Waals surface area contributed by atoms with Crippen LogP contribution in [0.3, 0.4) is 0 Å². The summed E-state index contributed by atoms with van der Waals surface area (Å²) in [6.07, 6.45) is 12.2. The van der Waals surface area contributed by atoms with Crippen LogP contribution in [-0.2, 0) is 14.3 Å². The second-order valence-electron chi connectivity index (χ2n) is 10.9. The number of fused-ring (bicyclic) bond motifs is 3. The van der Waals surface area contributed by atoms with Gasteiger partial charge in [0.15, 0.2) is 6.29 Å². The van der Waals surface area contributed by atoms with Crippen LogP contribution in [-0.4, -0.2) is 25.3 Å². The average Bonchev–Trinajstić information content (AvgIpc) is 3.12. The summed E-state index contributed by atoms with van der Waals surface area (Å²) in [6.45, 7) is 10.5. The Morgan fingerprint density at radius 2 is 1.69 bits per heavy atom. The average molecular weight is 363 g/mol. The summed E-state index contributed by atoms with van der Waals surface area (Å²) in [5.74, 6) is 1.67. The number of hydrogen-bond acceptors (Lipinski definition) is 3. The maximum Gasteiger partial charge on any atom is 0.160 e. The molecule has 3 saturated carbocycles. The first-order valence-corrected chi connectivity index (χ1v) is 11.0. The Kier molecular flexibility index (Phi) is 4.79. The van der Waals surface area contributed by atoms with E-state index in [1.165, 1.54) is 51.2 Å². The van der Waals surface area contributed by atoms with Crippen molar-refractivity contribution in [2.45, 2.75) is 97.9 Å². The Morgan fingerprint density at radius 1 is 0.962 bits per heavy atom. The number of carbonyl (C=O) groups is 1. The Morgan fingerprint density at radius 3 is 2.38 bits per heavy atom. The molecule has 4 rings (SSSR count). The van der Waals surface area contributed by atoms with Gasteiger partial charge in [0.05, 0.1) is 12.7 Å². The van der Waals surface area contributed by atoms with Crippen molar-refractivity contribution < 1.29 is 14.3 Å². The van der Waals surface area contributed by atoms with Crippen molar-refractivity contribution in [1.82, 2.24) is 0 Å². The molecular weight excluding hydrogens is 324 g/mol. The van der Waals surface area contributed by atoms with Crippen molar-refractivity contribution in [3.63, 3.8) is 0 Å². The lowest BCUT2D eigenvalue weighted by Crippen LogP contribution is -2.63. The highest BCUT2D eigenvalue weighted by Gasteiger charge is 2.62. The lowest BCUT2D eigenvalue weighted by atomic mass is 9.42. The Hall–Kier alpha value is -0.410. The van der Waals surface area contributed by atoms with Gasteiger partial charge in [-0.1, -0.05) is 40.5 Å². The van der Waals surface area contributed by atoms with E-state index in [0.29, 0.717) is 30.3 Å². The van der Waals surface area contributed by atoms with Gasteiger partial charge in [0, 0.05) is 17.8 Å². The molecule has 26 heavy (non-hydrogen) atoms. The predicted octanol–water partition coefficient (Wildman–Crippen LogP) is 5.37. The monoisotopic (exact) mass is 362 g/mol. The van der Waals surface area contributed by atoms with Crippen LogP contribution in [0.25, 0.3) is 0 Å². The van der Waals surface area contributed by atoms with Gasteiger partial charge in [-0.05, 0) is 61.2 Å². The second-order valence-corrected chi connectivity index (χ2v) is 10.9. The molecule has 1 aliphatic heterocycles. The number of ether oxygens (including phenoxy) is 2. The van der Waals surface area contributed by atoms with Crippen LogP contribution in [0.4, 0.5) is 0 Å². The third-order valence-electron chi connectivity index (χ3n) is 9.06. The molecule has 1 saturated heterocycles. The first-order chi connectivity index (χ1) is 12.3. The molecular formula is C23H38O3. The molecule has 3 aliphatic carbocycles. The minimum absolute atomic E-state index is 0.0331. The van der Waals surface area contributed by atoms with E-state index in [1.54, 1.807) is 0 Å². The maximum atomic E-state index is 11.5. The topological polar surface area (TPSA) is 35.5 Å². The highest BCUT2D eigenvalue weighted by molar-refractivity contribution is 5.50. The maximum absolute atomic E-state index is 11.5. The molecule has 3 heteroatoms. The molecule has 1 heterocycles. The lowest BCUT2D eigenvalue weighted by molar-refractivity contribution is -0.321. The zero-order valence-electron chi connectivity index (χ0n) is 17.3. The van der Waals surface area contributed by atoms with Crippen LogP contribution < -0.4 is 0 Å². The Labute approximate surface area is 159 Å². The standard InChI is InChI=1S/C23H38O3/c1-21(2)12-9-18-22(3,17(21)11-14-24)13-10-19-23(18,4)15-25-20(26-19)16-7-5-6-8-16/h14,16-20H,5-13,15H2,1-4H3/t17-,18?,19-,20-,22+,23+/m1/s1. The van der Waals surface area contributed by atoms with E-state index in [-0.39, 0.29) is 22.5 Å². The molecule has 1 unspecified atom stereocenters. The molecule has 4 fully saturated rings. The summed E-state index contributed by atoms with van der Waals surface area (Å²) in [5, 5.41) is 0. The third-order valence-corrected chi connectivity index (χ3v) is 9.06. The number of rotatable bonds is 3. The third kappa shape index (κ3) is 2.80. The van der Waals surface area contributed by atoms with Gasteiger partial charge in [-0.25, -0.2) is 0 Å². The van der Waals surface area contributed by atoms with Gasteiger partial charge in [0.1, 0.15) is 6.29 Å². The van der Waals surface area contributed by atoms with Gasteiger partial charge >= 0.3 is 0 Å². The zero-order valence-corrected chi connectivity index (χ0v) is 17.3. The first-order valence-electron chi connectivity index (χ1n) is 11.0. The molecule has 0 amide bonds. The van der Waals surface area contributed by atoms with Crippen LogP contribution in [0.2, 0.25) is 0 Å². The van der Waals surface area contributed by atoms with E-state index in [0.717, 1.165) is 13.0 Å². The largest absolute Gasteiger partial charge is 0.352 e. The van der Waals surface area contributed by atoms with Crippen molar-refractivity contribution >= 4 is 6.29 Å². The summed E-state index contributed by atoms with van der Waals surface area (Å²) in [4.78, 5) is 11.5. The molecule has 0 radical (unpaired) electrons.